The van der Waals surface area contributed by atoms with Crippen molar-refractivity contribution in [2.75, 3.05) is 0 Å². The van der Waals surface area contributed by atoms with Crippen LogP contribution in [0.25, 0.3) is 16.7 Å². The van der Waals surface area contributed by atoms with E-state index in [9.17, 15) is 13.6 Å². The highest BCUT2D eigenvalue weighted by Crippen LogP contribution is 2.27. The third-order valence-corrected chi connectivity index (χ3v) is 3.50. The number of carbonyl (C=O) groups excluding carboxylic acids is 1. The molecule has 124 valence electrons. The highest BCUT2D eigenvalue weighted by atomic mass is 35.5. The lowest BCUT2D eigenvalue weighted by molar-refractivity contribution is -0.117. The number of aromatic nitrogens is 4. The van der Waals surface area contributed by atoms with Crippen molar-refractivity contribution in [3.05, 3.63) is 47.3 Å². The summed E-state index contributed by atoms with van der Waals surface area (Å²) in [5, 5.41) is 0.660. The Labute approximate surface area is 140 Å². The number of rotatable bonds is 4. The molecule has 0 saturated heterocycles. The molecule has 0 aliphatic carbocycles. The Kier molecular flexibility index (Phi) is 3.92. The largest absolute Gasteiger partial charge is 0.369 e. The monoisotopic (exact) mass is 351 g/mol. The van der Waals surface area contributed by atoms with Crippen LogP contribution < -0.4 is 5.73 Å². The van der Waals surface area contributed by atoms with E-state index in [0.717, 1.165) is 5.39 Å². The second-order valence-corrected chi connectivity index (χ2v) is 5.71. The molecule has 0 aliphatic rings. The minimum atomic E-state index is -3.22. The second-order valence-electron chi connectivity index (χ2n) is 5.32. The van der Waals surface area contributed by atoms with Gasteiger partial charge in [0.25, 0.3) is 0 Å². The second kappa shape index (κ2) is 5.79. The average molecular weight is 352 g/mol. The van der Waals surface area contributed by atoms with E-state index < -0.39 is 17.7 Å². The molecule has 2 N–H and O–H groups in total. The Balaban J connectivity index is 2.15. The van der Waals surface area contributed by atoms with Gasteiger partial charge in [0.1, 0.15) is 11.0 Å². The number of halogens is 3. The van der Waals surface area contributed by atoms with E-state index in [1.54, 1.807) is 29.1 Å². The lowest BCUT2D eigenvalue weighted by Gasteiger charge is -2.12. The van der Waals surface area contributed by atoms with Crippen LogP contribution in [0.4, 0.5) is 8.78 Å². The predicted molar refractivity (Wildman–Crippen MR) is 84.1 cm³/mol. The summed E-state index contributed by atoms with van der Waals surface area (Å²) < 4.78 is 28.6. The van der Waals surface area contributed by atoms with Gasteiger partial charge in [-0.3, -0.25) is 9.78 Å². The molecule has 0 bridgehead atoms. The van der Waals surface area contributed by atoms with Crippen LogP contribution >= 0.6 is 11.6 Å². The molecule has 0 spiro atoms. The van der Waals surface area contributed by atoms with Gasteiger partial charge < -0.3 is 10.3 Å². The van der Waals surface area contributed by atoms with E-state index >= 15 is 0 Å². The first-order valence-electron chi connectivity index (χ1n) is 6.91. The van der Waals surface area contributed by atoms with E-state index in [-0.39, 0.29) is 17.4 Å². The Hall–Kier alpha value is -2.61. The number of nitrogens with zero attached hydrogens (tertiary/aromatic N) is 4. The molecule has 3 aromatic rings. The summed E-state index contributed by atoms with van der Waals surface area (Å²) in [5.41, 5.74) is 6.28. The van der Waals surface area contributed by atoms with Crippen molar-refractivity contribution in [1.29, 1.82) is 0 Å². The Morgan fingerprint density at radius 2 is 2.12 bits per heavy atom. The van der Waals surface area contributed by atoms with Gasteiger partial charge in [-0.25, -0.2) is 9.97 Å². The van der Waals surface area contributed by atoms with Crippen LogP contribution in [0.3, 0.4) is 0 Å². The summed E-state index contributed by atoms with van der Waals surface area (Å²) in [4.78, 5) is 22.6. The van der Waals surface area contributed by atoms with Crippen LogP contribution in [0.5, 0.6) is 0 Å². The molecule has 0 saturated carbocycles. The highest BCUT2D eigenvalue weighted by Gasteiger charge is 2.29. The summed E-state index contributed by atoms with van der Waals surface area (Å²) in [6, 6.07) is 4.78. The summed E-state index contributed by atoms with van der Waals surface area (Å²) in [6.07, 6.45) is 3.20. The normalized spacial score (nSPS) is 11.8. The van der Waals surface area contributed by atoms with E-state index in [0.29, 0.717) is 18.1 Å². The highest BCUT2D eigenvalue weighted by molar-refractivity contribution is 6.29. The molecule has 24 heavy (non-hydrogen) atoms. The first-order valence-corrected chi connectivity index (χ1v) is 7.29. The first kappa shape index (κ1) is 16.3. The number of fused-ring (bicyclic) bond motifs is 1. The number of hydrogen-bond acceptors (Lipinski definition) is 4. The molecule has 1 amide bonds. The molecule has 0 atom stereocenters. The molecule has 3 heterocycles. The van der Waals surface area contributed by atoms with Crippen molar-refractivity contribution in [2.45, 2.75) is 19.3 Å². The Morgan fingerprint density at radius 1 is 1.38 bits per heavy atom. The summed E-state index contributed by atoms with van der Waals surface area (Å²) in [7, 11) is 0. The van der Waals surface area contributed by atoms with Gasteiger partial charge in [0.05, 0.1) is 17.6 Å². The van der Waals surface area contributed by atoms with E-state index in [4.69, 9.17) is 17.3 Å². The zero-order chi connectivity index (χ0) is 17.5. The van der Waals surface area contributed by atoms with Crippen molar-refractivity contribution in [3.8, 4) is 5.82 Å². The molecule has 0 unspecified atom stereocenters. The van der Waals surface area contributed by atoms with Crippen LogP contribution in [0, 0.1) is 0 Å². The smallest absolute Gasteiger partial charge is 0.303 e. The Morgan fingerprint density at radius 3 is 2.79 bits per heavy atom. The van der Waals surface area contributed by atoms with Gasteiger partial charge in [-0.15, -0.1) is 0 Å². The molecule has 0 fully saturated rings. The zero-order valence-electron chi connectivity index (χ0n) is 12.5. The maximum atomic E-state index is 13.5. The number of alkyl halides is 2. The SMILES string of the molecule is CC(F)(F)c1nc(Cl)cc(-n2ccc3cnc(CC(N)=O)cc32)n1. The van der Waals surface area contributed by atoms with E-state index in [1.807, 2.05) is 0 Å². The predicted octanol–water partition coefficient (Wildman–Crippen LogP) is 2.61. The molecule has 9 heteroatoms. The van der Waals surface area contributed by atoms with Crippen molar-refractivity contribution < 1.29 is 13.6 Å². The molecular weight excluding hydrogens is 340 g/mol. The first-order chi connectivity index (χ1) is 11.2. The van der Waals surface area contributed by atoms with Crippen molar-refractivity contribution in [3.63, 3.8) is 0 Å². The molecular formula is C15H12ClF2N5O. The van der Waals surface area contributed by atoms with Gasteiger partial charge >= 0.3 is 5.92 Å². The van der Waals surface area contributed by atoms with Gasteiger partial charge in [-0.05, 0) is 12.1 Å². The van der Waals surface area contributed by atoms with Crippen LogP contribution in [0.15, 0.2) is 30.6 Å². The number of amides is 1. The maximum absolute atomic E-state index is 13.5. The lowest BCUT2D eigenvalue weighted by Crippen LogP contribution is -2.15. The van der Waals surface area contributed by atoms with Crippen LogP contribution in [-0.4, -0.2) is 25.4 Å². The van der Waals surface area contributed by atoms with Gasteiger partial charge in [-0.2, -0.15) is 8.78 Å². The van der Waals surface area contributed by atoms with Crippen LogP contribution in [0.1, 0.15) is 18.4 Å². The van der Waals surface area contributed by atoms with Crippen LogP contribution in [0.2, 0.25) is 5.15 Å². The van der Waals surface area contributed by atoms with Gasteiger partial charge in [-0.1, -0.05) is 11.6 Å². The molecule has 3 aromatic heterocycles. The fourth-order valence-electron chi connectivity index (χ4n) is 2.27. The molecule has 3 rings (SSSR count). The van der Waals surface area contributed by atoms with Gasteiger partial charge in [0, 0.05) is 30.8 Å². The summed E-state index contributed by atoms with van der Waals surface area (Å²) >= 11 is 5.85. The molecule has 0 aliphatic heterocycles. The molecule has 6 nitrogen and oxygen atoms in total. The fraction of sp³-hybridized carbons (Fsp3) is 0.200. The van der Waals surface area contributed by atoms with Crippen molar-refractivity contribution in [1.82, 2.24) is 19.5 Å². The minimum absolute atomic E-state index is 0.0239. The number of carbonyl (C=O) groups is 1. The summed E-state index contributed by atoms with van der Waals surface area (Å²) in [6.45, 7) is 0.699. The third-order valence-electron chi connectivity index (χ3n) is 3.31. The average Bonchev–Trinajstić information content (AvgIpc) is 2.88. The van der Waals surface area contributed by atoms with E-state index in [1.165, 1.54) is 6.07 Å². The number of nitrogens with two attached hydrogens (primary N) is 1. The fourth-order valence-corrected chi connectivity index (χ4v) is 2.45. The summed E-state index contributed by atoms with van der Waals surface area (Å²) in [5.74, 6) is -4.21. The number of hydrogen-bond donors (Lipinski definition) is 1. The minimum Gasteiger partial charge on any atom is -0.369 e. The van der Waals surface area contributed by atoms with Gasteiger partial charge in [0.2, 0.25) is 11.7 Å². The topological polar surface area (TPSA) is 86.7 Å². The number of pyridine rings is 1. The van der Waals surface area contributed by atoms with Gasteiger partial charge in [0.15, 0.2) is 0 Å². The zero-order valence-corrected chi connectivity index (χ0v) is 13.3. The lowest BCUT2D eigenvalue weighted by atomic mass is 10.2. The standard InChI is InChI=1S/C15H12ClF2N5O/c1-15(17,18)14-21-11(16)6-13(22-14)23-3-2-8-7-20-9(4-10(8)23)5-12(19)24/h2-4,6-7H,5H2,1H3,(H2,19,24). The third kappa shape index (κ3) is 3.18. The molecule has 0 aromatic carbocycles. The Bertz CT molecular complexity index is 935. The van der Waals surface area contributed by atoms with Crippen molar-refractivity contribution in [2.24, 2.45) is 5.73 Å². The quantitative estimate of drug-likeness (QED) is 0.732. The van der Waals surface area contributed by atoms with E-state index in [2.05, 4.69) is 15.0 Å². The number of primary amides is 1. The maximum Gasteiger partial charge on any atom is 0.303 e. The van der Waals surface area contributed by atoms with Crippen LogP contribution in [-0.2, 0) is 17.1 Å². The van der Waals surface area contributed by atoms with Crippen molar-refractivity contribution >= 4 is 28.4 Å². The molecule has 0 radical (unpaired) electrons.